The number of benzene rings is 2. The van der Waals surface area contributed by atoms with Crippen LogP contribution in [0.4, 0.5) is 0 Å². The summed E-state index contributed by atoms with van der Waals surface area (Å²) in [5.41, 5.74) is 1.53. The van der Waals surface area contributed by atoms with E-state index in [4.69, 9.17) is 32.7 Å². The maximum absolute atomic E-state index is 12.6. The van der Waals surface area contributed by atoms with Gasteiger partial charge in [0.05, 0.1) is 12.2 Å². The van der Waals surface area contributed by atoms with Gasteiger partial charge in [-0.25, -0.2) is 0 Å². The van der Waals surface area contributed by atoms with Gasteiger partial charge in [-0.15, -0.1) is 0 Å². The predicted octanol–water partition coefficient (Wildman–Crippen LogP) is 11.9. The number of ketones is 2. The van der Waals surface area contributed by atoms with E-state index in [2.05, 4.69) is 23.8 Å². The van der Waals surface area contributed by atoms with Crippen molar-refractivity contribution in [3.63, 3.8) is 0 Å². The van der Waals surface area contributed by atoms with E-state index in [-0.39, 0.29) is 23.8 Å². The summed E-state index contributed by atoms with van der Waals surface area (Å²) >= 11 is 11.8. The molecule has 2 aliphatic carbocycles. The number of halogens is 2. The average Bonchev–Trinajstić information content (AvgIpc) is 3.18. The van der Waals surface area contributed by atoms with Crippen LogP contribution < -0.4 is 9.47 Å². The maximum Gasteiger partial charge on any atom is 0.163 e. The Bertz CT molecular complexity index is 1510. The van der Waals surface area contributed by atoms with Crippen LogP contribution in [0.3, 0.4) is 0 Å². The van der Waals surface area contributed by atoms with Gasteiger partial charge in [0.25, 0.3) is 0 Å². The zero-order valence-electron chi connectivity index (χ0n) is 30.5. The Balaban J connectivity index is 0.000000201. The van der Waals surface area contributed by atoms with Crippen LogP contribution in [0.5, 0.6) is 11.5 Å². The monoisotopic (exact) mass is 742 g/mol. The van der Waals surface area contributed by atoms with Crippen LogP contribution in [-0.2, 0) is 0 Å². The number of hydrogen-bond donors (Lipinski definition) is 0. The molecule has 2 atom stereocenters. The van der Waals surface area contributed by atoms with Gasteiger partial charge in [-0.05, 0) is 148 Å². The van der Waals surface area contributed by atoms with E-state index in [1.54, 1.807) is 49.1 Å². The summed E-state index contributed by atoms with van der Waals surface area (Å²) in [6.07, 6.45) is 19.6. The molecule has 0 radical (unpaired) electrons. The molecule has 2 aromatic heterocycles. The third-order valence-corrected chi connectivity index (χ3v) is 11.5. The van der Waals surface area contributed by atoms with Crippen LogP contribution in [0.2, 0.25) is 10.0 Å². The highest BCUT2D eigenvalue weighted by molar-refractivity contribution is 6.31. The van der Waals surface area contributed by atoms with Crippen molar-refractivity contribution in [2.24, 2.45) is 23.7 Å². The number of ether oxygens (including phenoxy) is 2. The number of carbonyl (C=O) groups is 2. The molecule has 2 fully saturated rings. The van der Waals surface area contributed by atoms with Crippen LogP contribution >= 0.6 is 23.2 Å². The Hall–Kier alpha value is -3.74. The van der Waals surface area contributed by atoms with E-state index >= 15 is 0 Å². The van der Waals surface area contributed by atoms with Crippen molar-refractivity contribution in [1.29, 1.82) is 0 Å². The lowest BCUT2D eigenvalue weighted by Crippen LogP contribution is -2.28. The lowest BCUT2D eigenvalue weighted by atomic mass is 9.75. The maximum atomic E-state index is 12.6. The second kappa shape index (κ2) is 20.5. The Kier molecular flexibility index (Phi) is 15.5. The van der Waals surface area contributed by atoms with Gasteiger partial charge in [-0.2, -0.15) is 0 Å². The summed E-state index contributed by atoms with van der Waals surface area (Å²) in [5.74, 6) is 4.34. The van der Waals surface area contributed by atoms with Crippen molar-refractivity contribution >= 4 is 34.8 Å². The first kappa shape index (κ1) is 39.5. The van der Waals surface area contributed by atoms with E-state index in [0.717, 1.165) is 86.8 Å². The summed E-state index contributed by atoms with van der Waals surface area (Å²) in [7, 11) is 0. The standard InChI is InChI=1S/2C22H26ClNO2/c2*1-2-16(15-22(25)18-3-7-19(23)8-4-18)17-5-9-20(10-6-17)26-21-11-13-24-14-12-21/h2*3-4,7-8,11-14,16-17,20H,2,5-6,9-10,15H2,1H3/t2*16-,17?,20?/m10/s1. The average molecular weight is 744 g/mol. The number of carbonyl (C=O) groups excluding carboxylic acids is 2. The van der Waals surface area contributed by atoms with Gasteiger partial charge in [0.15, 0.2) is 11.6 Å². The fourth-order valence-electron chi connectivity index (χ4n) is 7.85. The third-order valence-electron chi connectivity index (χ3n) is 11.0. The molecule has 0 unspecified atom stereocenters. The molecular formula is C44H52Cl2N2O4. The summed E-state index contributed by atoms with van der Waals surface area (Å²) in [6.45, 7) is 4.39. The van der Waals surface area contributed by atoms with E-state index in [1.807, 2.05) is 48.5 Å². The lowest BCUT2D eigenvalue weighted by Gasteiger charge is -2.33. The molecule has 276 valence electrons. The van der Waals surface area contributed by atoms with Gasteiger partial charge in [-0.3, -0.25) is 19.6 Å². The highest BCUT2D eigenvalue weighted by Gasteiger charge is 2.30. The predicted molar refractivity (Wildman–Crippen MR) is 210 cm³/mol. The van der Waals surface area contributed by atoms with Gasteiger partial charge >= 0.3 is 0 Å². The van der Waals surface area contributed by atoms with Gasteiger partial charge in [0, 0.05) is 58.8 Å². The molecule has 0 aliphatic heterocycles. The molecule has 6 nitrogen and oxygen atoms in total. The fraction of sp³-hybridized carbons (Fsp3) is 0.455. The second-order valence-corrected chi connectivity index (χ2v) is 15.2. The first-order valence-electron chi connectivity index (χ1n) is 19.0. The lowest BCUT2D eigenvalue weighted by molar-refractivity contribution is 0.0853. The molecule has 0 spiro atoms. The van der Waals surface area contributed by atoms with E-state index in [0.29, 0.717) is 46.6 Å². The van der Waals surface area contributed by atoms with Gasteiger partial charge in [0.2, 0.25) is 0 Å². The highest BCUT2D eigenvalue weighted by Crippen LogP contribution is 2.37. The number of Topliss-reactive ketones (excluding diaryl/α,β-unsaturated/α-hetero) is 2. The first-order chi connectivity index (χ1) is 25.3. The van der Waals surface area contributed by atoms with E-state index < -0.39 is 0 Å². The van der Waals surface area contributed by atoms with Crippen molar-refractivity contribution in [2.75, 3.05) is 0 Å². The van der Waals surface area contributed by atoms with Crippen LogP contribution in [0, 0.1) is 23.7 Å². The molecular weight excluding hydrogens is 691 g/mol. The Labute approximate surface area is 319 Å². The quantitative estimate of drug-likeness (QED) is 0.120. The van der Waals surface area contributed by atoms with Crippen LogP contribution in [0.1, 0.15) is 112 Å². The smallest absolute Gasteiger partial charge is 0.163 e. The Morgan fingerprint density at radius 2 is 0.885 bits per heavy atom. The van der Waals surface area contributed by atoms with Crippen molar-refractivity contribution in [3.05, 3.63) is 119 Å². The molecule has 0 amide bonds. The fourth-order valence-corrected chi connectivity index (χ4v) is 8.10. The first-order valence-corrected chi connectivity index (χ1v) is 19.8. The topological polar surface area (TPSA) is 78.4 Å². The Morgan fingerprint density at radius 1 is 0.558 bits per heavy atom. The van der Waals surface area contributed by atoms with Crippen LogP contribution in [-0.4, -0.2) is 33.7 Å². The number of hydrogen-bond acceptors (Lipinski definition) is 6. The third kappa shape index (κ3) is 12.2. The molecule has 52 heavy (non-hydrogen) atoms. The van der Waals surface area contributed by atoms with E-state index in [1.165, 1.54) is 0 Å². The van der Waals surface area contributed by atoms with Crippen LogP contribution in [0.15, 0.2) is 97.6 Å². The van der Waals surface area contributed by atoms with Gasteiger partial charge in [0.1, 0.15) is 11.5 Å². The van der Waals surface area contributed by atoms with Crippen molar-refractivity contribution < 1.29 is 19.1 Å². The zero-order chi connectivity index (χ0) is 36.7. The van der Waals surface area contributed by atoms with Gasteiger partial charge < -0.3 is 9.47 Å². The SMILES string of the molecule is CC[C@@H](CC(=O)c1ccc(Cl)cc1)C1CCC(Oc2ccncc2)CC1.CC[C@H](CC(=O)c1ccc(Cl)cc1)C1CCC(Oc2ccncc2)CC1. The molecule has 6 rings (SSSR count). The largest absolute Gasteiger partial charge is 0.490 e. The van der Waals surface area contributed by atoms with Crippen molar-refractivity contribution in [2.45, 2.75) is 103 Å². The second-order valence-electron chi connectivity index (χ2n) is 14.3. The number of nitrogens with zero attached hydrogens (tertiary/aromatic N) is 2. The molecule has 8 heteroatoms. The molecule has 0 N–H and O–H groups in total. The molecule has 2 aromatic carbocycles. The molecule has 2 heterocycles. The zero-order valence-corrected chi connectivity index (χ0v) is 32.0. The number of rotatable bonds is 14. The molecule has 0 bridgehead atoms. The Morgan fingerprint density at radius 3 is 1.19 bits per heavy atom. The van der Waals surface area contributed by atoms with E-state index in [9.17, 15) is 9.59 Å². The number of aromatic nitrogens is 2. The molecule has 2 saturated carbocycles. The summed E-state index contributed by atoms with van der Waals surface area (Å²) < 4.78 is 12.1. The number of pyridine rings is 2. The minimum Gasteiger partial charge on any atom is -0.490 e. The summed E-state index contributed by atoms with van der Waals surface area (Å²) in [4.78, 5) is 33.2. The molecule has 2 aliphatic rings. The summed E-state index contributed by atoms with van der Waals surface area (Å²) in [5, 5.41) is 1.34. The minimum atomic E-state index is 0.226. The summed E-state index contributed by atoms with van der Waals surface area (Å²) in [6, 6.07) is 22.1. The van der Waals surface area contributed by atoms with Crippen molar-refractivity contribution in [3.8, 4) is 11.5 Å². The highest BCUT2D eigenvalue weighted by atomic mass is 35.5. The molecule has 4 aromatic rings. The molecule has 0 saturated heterocycles. The van der Waals surface area contributed by atoms with Crippen LogP contribution in [0.25, 0.3) is 0 Å². The van der Waals surface area contributed by atoms with Crippen molar-refractivity contribution in [1.82, 2.24) is 9.97 Å². The minimum absolute atomic E-state index is 0.226. The van der Waals surface area contributed by atoms with Gasteiger partial charge in [-0.1, -0.05) is 49.9 Å². The normalized spacial score (nSPS) is 21.2.